The number of nitrogens with zero attached hydrogens (tertiary/aromatic N) is 3. The molecular formula is C25H39N3O2. The van der Waals surface area contributed by atoms with Crippen LogP contribution in [0.3, 0.4) is 0 Å². The van der Waals surface area contributed by atoms with E-state index in [4.69, 9.17) is 4.74 Å². The van der Waals surface area contributed by atoms with Gasteiger partial charge in [0.1, 0.15) is 5.60 Å². The standard InChI is InChI=1S/C25H39N3O2/c1-19-9-12-27(18-26-21(3)13-20(19)2)16-24(7)10-8-11-25(14-24)17-28(22(29)30-25)15-23(4,5)6/h9,13,18H,3,8,10-12,14-17H2,1-2,4-7H3/b19-9-,20-13-,26-18-/t24-,25-/m0/s1. The minimum atomic E-state index is -0.348. The summed E-state index contributed by atoms with van der Waals surface area (Å²) < 4.78 is 6.05. The largest absolute Gasteiger partial charge is 0.441 e. The van der Waals surface area contributed by atoms with E-state index in [0.717, 1.165) is 51.0 Å². The fourth-order valence-corrected chi connectivity index (χ4v) is 5.15. The van der Waals surface area contributed by atoms with Gasteiger partial charge >= 0.3 is 6.09 Å². The average Bonchev–Trinajstić information content (AvgIpc) is 2.90. The number of amides is 1. The number of allylic oxidation sites excluding steroid dienone is 3. The lowest BCUT2D eigenvalue weighted by molar-refractivity contribution is -0.0268. The molecule has 0 unspecified atom stereocenters. The summed E-state index contributed by atoms with van der Waals surface area (Å²) in [5, 5.41) is 0. The topological polar surface area (TPSA) is 45.1 Å². The first-order valence-electron chi connectivity index (χ1n) is 11.2. The van der Waals surface area contributed by atoms with E-state index >= 15 is 0 Å². The third-order valence-electron chi connectivity index (χ3n) is 6.48. The molecular weight excluding hydrogens is 374 g/mol. The molecule has 1 saturated heterocycles. The Morgan fingerprint density at radius 2 is 1.97 bits per heavy atom. The Labute approximate surface area is 182 Å². The van der Waals surface area contributed by atoms with Gasteiger partial charge in [-0.2, -0.15) is 0 Å². The van der Waals surface area contributed by atoms with Gasteiger partial charge in [0.05, 0.1) is 18.6 Å². The van der Waals surface area contributed by atoms with Crippen LogP contribution in [0.25, 0.3) is 0 Å². The highest BCUT2D eigenvalue weighted by Gasteiger charge is 2.51. The summed E-state index contributed by atoms with van der Waals surface area (Å²) in [4.78, 5) is 21.4. The Balaban J connectivity index is 1.72. The third-order valence-corrected chi connectivity index (χ3v) is 6.48. The Morgan fingerprint density at radius 1 is 1.23 bits per heavy atom. The van der Waals surface area contributed by atoms with Crippen LogP contribution in [0.5, 0.6) is 0 Å². The highest BCUT2D eigenvalue weighted by atomic mass is 16.6. The first-order valence-corrected chi connectivity index (χ1v) is 11.2. The van der Waals surface area contributed by atoms with Gasteiger partial charge < -0.3 is 14.5 Å². The van der Waals surface area contributed by atoms with E-state index in [1.807, 2.05) is 17.3 Å². The maximum atomic E-state index is 12.6. The fourth-order valence-electron chi connectivity index (χ4n) is 5.15. The normalized spacial score (nSPS) is 35.1. The van der Waals surface area contributed by atoms with Gasteiger partial charge in [-0.05, 0) is 62.0 Å². The zero-order valence-electron chi connectivity index (χ0n) is 19.8. The second-order valence-corrected chi connectivity index (χ2v) is 11.2. The van der Waals surface area contributed by atoms with Crippen molar-refractivity contribution < 1.29 is 9.53 Å². The van der Waals surface area contributed by atoms with Gasteiger partial charge in [-0.25, -0.2) is 9.79 Å². The molecule has 30 heavy (non-hydrogen) atoms. The van der Waals surface area contributed by atoms with Crippen LogP contribution in [0.1, 0.15) is 67.2 Å². The van der Waals surface area contributed by atoms with Crippen molar-refractivity contribution >= 4 is 12.4 Å². The molecule has 0 bridgehead atoms. The van der Waals surface area contributed by atoms with Crippen molar-refractivity contribution in [3.05, 3.63) is 35.6 Å². The molecule has 2 aliphatic heterocycles. The monoisotopic (exact) mass is 413 g/mol. The van der Waals surface area contributed by atoms with Gasteiger partial charge in [-0.15, -0.1) is 0 Å². The van der Waals surface area contributed by atoms with Gasteiger partial charge in [0.2, 0.25) is 0 Å². The molecule has 0 aromatic heterocycles. The molecule has 0 radical (unpaired) electrons. The van der Waals surface area contributed by atoms with Gasteiger partial charge in [0, 0.05) is 19.6 Å². The molecule has 3 rings (SSSR count). The molecule has 0 aromatic rings. The van der Waals surface area contributed by atoms with Crippen LogP contribution in [-0.4, -0.2) is 54.0 Å². The van der Waals surface area contributed by atoms with E-state index in [0.29, 0.717) is 6.54 Å². The molecule has 5 heteroatoms. The van der Waals surface area contributed by atoms with Crippen molar-refractivity contribution in [1.82, 2.24) is 9.80 Å². The Morgan fingerprint density at radius 3 is 2.67 bits per heavy atom. The highest BCUT2D eigenvalue weighted by molar-refractivity contribution is 5.71. The van der Waals surface area contributed by atoms with Crippen molar-refractivity contribution in [3.63, 3.8) is 0 Å². The van der Waals surface area contributed by atoms with Crippen LogP contribution in [0, 0.1) is 10.8 Å². The van der Waals surface area contributed by atoms with Crippen LogP contribution in [-0.2, 0) is 4.74 Å². The van der Waals surface area contributed by atoms with Crippen LogP contribution < -0.4 is 0 Å². The van der Waals surface area contributed by atoms with Crippen molar-refractivity contribution in [2.24, 2.45) is 15.8 Å². The first-order chi connectivity index (χ1) is 13.9. The first kappa shape index (κ1) is 22.6. The minimum absolute atomic E-state index is 0.0702. The van der Waals surface area contributed by atoms with E-state index in [-0.39, 0.29) is 22.5 Å². The van der Waals surface area contributed by atoms with Crippen molar-refractivity contribution in [2.75, 3.05) is 26.2 Å². The lowest BCUT2D eigenvalue weighted by Crippen LogP contribution is -2.48. The molecule has 0 aromatic carbocycles. The summed E-state index contributed by atoms with van der Waals surface area (Å²) in [5.74, 6) is 0. The van der Waals surface area contributed by atoms with Crippen LogP contribution in [0.2, 0.25) is 0 Å². The number of ether oxygens (including phenoxy) is 1. The van der Waals surface area contributed by atoms with Gasteiger partial charge in [-0.3, -0.25) is 0 Å². The van der Waals surface area contributed by atoms with Crippen molar-refractivity contribution in [1.29, 1.82) is 0 Å². The molecule has 0 N–H and O–H groups in total. The predicted molar refractivity (Wildman–Crippen MR) is 124 cm³/mol. The van der Waals surface area contributed by atoms with Crippen molar-refractivity contribution in [3.8, 4) is 0 Å². The second-order valence-electron chi connectivity index (χ2n) is 11.2. The van der Waals surface area contributed by atoms with E-state index in [9.17, 15) is 4.79 Å². The van der Waals surface area contributed by atoms with Gasteiger partial charge in [0.25, 0.3) is 0 Å². The number of carbonyl (C=O) groups is 1. The zero-order valence-corrected chi connectivity index (χ0v) is 19.8. The number of hydrogen-bond acceptors (Lipinski definition) is 4. The average molecular weight is 414 g/mol. The van der Waals surface area contributed by atoms with Crippen LogP contribution in [0.15, 0.2) is 40.6 Å². The molecule has 1 saturated carbocycles. The SMILES string of the molecule is C=C1/C=C(C)\C(C)=C/CN(C[C@@]2(C)CCC[C@@]3(CN(CC(C)(C)C)C(=O)O3)C2)/C=N\1. The molecule has 2 fully saturated rings. The zero-order chi connectivity index (χ0) is 22.2. The van der Waals surface area contributed by atoms with E-state index in [1.54, 1.807) is 0 Å². The summed E-state index contributed by atoms with van der Waals surface area (Å²) in [7, 11) is 0. The summed E-state index contributed by atoms with van der Waals surface area (Å²) in [6.07, 6.45) is 10.2. The molecule has 5 nitrogen and oxygen atoms in total. The summed E-state index contributed by atoms with van der Waals surface area (Å²) in [5.41, 5.74) is 3.04. The molecule has 1 aliphatic carbocycles. The molecule has 2 atom stereocenters. The summed E-state index contributed by atoms with van der Waals surface area (Å²) in [6, 6.07) is 0. The number of carbonyl (C=O) groups excluding carboxylic acids is 1. The molecule has 166 valence electrons. The smallest absolute Gasteiger partial charge is 0.410 e. The van der Waals surface area contributed by atoms with Crippen LogP contribution >= 0.6 is 0 Å². The Hall–Kier alpha value is -2.04. The fraction of sp³-hybridized carbons (Fsp3) is 0.680. The maximum Gasteiger partial charge on any atom is 0.410 e. The van der Waals surface area contributed by atoms with Gasteiger partial charge in [-0.1, -0.05) is 45.9 Å². The number of aliphatic imine (C=N–C) groups is 1. The summed E-state index contributed by atoms with van der Waals surface area (Å²) >= 11 is 0. The van der Waals surface area contributed by atoms with E-state index in [1.165, 1.54) is 11.1 Å². The third kappa shape index (κ3) is 5.55. The second kappa shape index (κ2) is 8.24. The Kier molecular flexibility index (Phi) is 6.22. The van der Waals surface area contributed by atoms with E-state index < -0.39 is 0 Å². The molecule has 1 amide bonds. The van der Waals surface area contributed by atoms with Crippen molar-refractivity contribution in [2.45, 2.75) is 72.8 Å². The molecule has 2 heterocycles. The van der Waals surface area contributed by atoms with Crippen LogP contribution in [0.4, 0.5) is 4.79 Å². The quantitative estimate of drug-likeness (QED) is 0.609. The lowest BCUT2D eigenvalue weighted by Gasteiger charge is -2.44. The number of hydrogen-bond donors (Lipinski definition) is 0. The maximum absolute atomic E-state index is 12.6. The summed E-state index contributed by atoms with van der Waals surface area (Å²) in [6.45, 7) is 20.3. The molecule has 3 aliphatic rings. The predicted octanol–water partition coefficient (Wildman–Crippen LogP) is 5.55. The van der Waals surface area contributed by atoms with E-state index in [2.05, 4.69) is 64.1 Å². The highest BCUT2D eigenvalue weighted by Crippen LogP contribution is 2.46. The Bertz CT molecular complexity index is 789. The van der Waals surface area contributed by atoms with Gasteiger partial charge in [0.15, 0.2) is 0 Å². The molecule has 1 spiro atoms. The lowest BCUT2D eigenvalue weighted by atomic mass is 9.68. The number of rotatable bonds is 3. The minimum Gasteiger partial charge on any atom is -0.441 e.